The summed E-state index contributed by atoms with van der Waals surface area (Å²) < 4.78 is 0. The SMILES string of the molecule is [CH2+][N-]c1cccc(C(=N)N)c1. The lowest BCUT2D eigenvalue weighted by Gasteiger charge is -2.07. The van der Waals surface area contributed by atoms with Crippen LogP contribution in [0.15, 0.2) is 24.3 Å². The number of amidine groups is 1. The molecule has 56 valence electrons. The fourth-order valence-corrected chi connectivity index (χ4v) is 0.772. The quantitative estimate of drug-likeness (QED) is 0.373. The summed E-state index contributed by atoms with van der Waals surface area (Å²) in [6, 6.07) is 7.08. The van der Waals surface area contributed by atoms with Crippen LogP contribution in [0.4, 0.5) is 5.69 Å². The molecule has 0 aliphatic carbocycles. The Kier molecular flexibility index (Phi) is 2.01. The molecule has 0 bridgehead atoms. The maximum Gasteiger partial charge on any atom is 0.122 e. The van der Waals surface area contributed by atoms with E-state index in [0.717, 1.165) is 5.69 Å². The maximum atomic E-state index is 7.12. The summed E-state index contributed by atoms with van der Waals surface area (Å²) in [5.74, 6) is 0.0514. The molecule has 0 aliphatic rings. The Balaban J connectivity index is 3.01. The van der Waals surface area contributed by atoms with Crippen molar-refractivity contribution in [3.05, 3.63) is 42.2 Å². The van der Waals surface area contributed by atoms with Crippen LogP contribution in [-0.2, 0) is 0 Å². The van der Waals surface area contributed by atoms with Crippen molar-refractivity contribution in [1.82, 2.24) is 0 Å². The molecule has 0 spiro atoms. The second-order valence-electron chi connectivity index (χ2n) is 2.12. The van der Waals surface area contributed by atoms with Crippen LogP contribution in [0.1, 0.15) is 5.56 Å². The van der Waals surface area contributed by atoms with E-state index in [1.807, 2.05) is 0 Å². The van der Waals surface area contributed by atoms with Gasteiger partial charge < -0.3 is 11.1 Å². The van der Waals surface area contributed by atoms with E-state index in [4.69, 9.17) is 11.1 Å². The number of nitrogen functional groups attached to an aromatic ring is 1. The molecule has 3 nitrogen and oxygen atoms in total. The molecule has 0 atom stereocenters. The van der Waals surface area contributed by atoms with Gasteiger partial charge in [-0.3, -0.25) is 5.41 Å². The number of benzene rings is 1. The smallest absolute Gasteiger partial charge is 0.122 e. The van der Waals surface area contributed by atoms with Crippen molar-refractivity contribution < 1.29 is 0 Å². The lowest BCUT2D eigenvalue weighted by molar-refractivity contribution is 1.42. The summed E-state index contributed by atoms with van der Waals surface area (Å²) in [6.07, 6.45) is 0. The predicted molar refractivity (Wildman–Crippen MR) is 45.8 cm³/mol. The van der Waals surface area contributed by atoms with Gasteiger partial charge in [0.15, 0.2) is 0 Å². The molecule has 11 heavy (non-hydrogen) atoms. The van der Waals surface area contributed by atoms with Crippen LogP contribution in [0.2, 0.25) is 0 Å². The molecule has 1 rings (SSSR count). The van der Waals surface area contributed by atoms with E-state index < -0.39 is 0 Å². The Bertz CT molecular complexity index is 268. The Morgan fingerprint density at radius 3 is 2.82 bits per heavy atom. The zero-order valence-electron chi connectivity index (χ0n) is 6.04. The topological polar surface area (TPSA) is 64.0 Å². The molecular formula is C8H9N3. The summed E-state index contributed by atoms with van der Waals surface area (Å²) in [5, 5.41) is 10.8. The molecule has 0 saturated heterocycles. The van der Waals surface area contributed by atoms with Crippen molar-refractivity contribution >= 4 is 11.5 Å². The second-order valence-corrected chi connectivity index (χ2v) is 2.12. The molecule has 3 heteroatoms. The van der Waals surface area contributed by atoms with E-state index in [-0.39, 0.29) is 5.84 Å². The summed E-state index contributed by atoms with van der Waals surface area (Å²) in [4.78, 5) is 0. The van der Waals surface area contributed by atoms with E-state index in [1.165, 1.54) is 0 Å². The largest absolute Gasteiger partial charge is 0.491 e. The normalized spacial score (nSPS) is 9.09. The maximum absolute atomic E-state index is 7.12. The summed E-state index contributed by atoms with van der Waals surface area (Å²) in [5.41, 5.74) is 6.67. The van der Waals surface area contributed by atoms with Crippen LogP contribution in [0.25, 0.3) is 5.32 Å². The van der Waals surface area contributed by atoms with E-state index >= 15 is 0 Å². The highest BCUT2D eigenvalue weighted by Crippen LogP contribution is 2.17. The molecule has 0 aromatic heterocycles. The van der Waals surface area contributed by atoms with Crippen molar-refractivity contribution in [3.8, 4) is 0 Å². The number of nitrogens with one attached hydrogen (secondary N) is 1. The molecular weight excluding hydrogens is 138 g/mol. The van der Waals surface area contributed by atoms with Gasteiger partial charge in [-0.25, -0.2) is 0 Å². The monoisotopic (exact) mass is 147 g/mol. The van der Waals surface area contributed by atoms with Gasteiger partial charge in [0.05, 0.1) is 0 Å². The molecule has 3 N–H and O–H groups in total. The van der Waals surface area contributed by atoms with Crippen LogP contribution in [0.5, 0.6) is 0 Å². The molecule has 1 aromatic rings. The highest BCUT2D eigenvalue weighted by molar-refractivity contribution is 5.95. The Labute approximate surface area is 65.7 Å². The van der Waals surface area contributed by atoms with Crippen LogP contribution in [-0.4, -0.2) is 5.84 Å². The van der Waals surface area contributed by atoms with Gasteiger partial charge in [-0.2, -0.15) is 0 Å². The van der Waals surface area contributed by atoms with Gasteiger partial charge in [0.2, 0.25) is 0 Å². The van der Waals surface area contributed by atoms with Crippen molar-refractivity contribution in [2.45, 2.75) is 0 Å². The van der Waals surface area contributed by atoms with E-state index in [0.29, 0.717) is 5.56 Å². The molecule has 0 heterocycles. The third-order valence-electron chi connectivity index (χ3n) is 1.34. The Hall–Kier alpha value is -1.64. The number of hydrogen-bond donors (Lipinski definition) is 2. The van der Waals surface area contributed by atoms with Crippen molar-refractivity contribution in [2.24, 2.45) is 5.73 Å². The number of hydrogen-bond acceptors (Lipinski definition) is 1. The van der Waals surface area contributed by atoms with Crippen LogP contribution in [0.3, 0.4) is 0 Å². The molecule has 0 aliphatic heterocycles. The first-order chi connectivity index (χ1) is 5.24. The minimum atomic E-state index is 0.0514. The van der Waals surface area contributed by atoms with Gasteiger partial charge in [-0.15, -0.1) is 5.69 Å². The highest BCUT2D eigenvalue weighted by Gasteiger charge is 1.92. The molecule has 1 aromatic carbocycles. The lowest BCUT2D eigenvalue weighted by Crippen LogP contribution is -2.10. The van der Waals surface area contributed by atoms with E-state index in [2.05, 4.69) is 12.4 Å². The van der Waals surface area contributed by atoms with Gasteiger partial charge in [-0.05, 0) is 0 Å². The minimum absolute atomic E-state index is 0.0514. The first kappa shape index (κ1) is 7.47. The molecule has 0 unspecified atom stereocenters. The van der Waals surface area contributed by atoms with Gasteiger partial charge in [0, 0.05) is 12.6 Å². The van der Waals surface area contributed by atoms with Crippen molar-refractivity contribution in [2.75, 3.05) is 0 Å². The number of nitrogens with zero attached hydrogens (tertiary/aromatic N) is 1. The highest BCUT2D eigenvalue weighted by atomic mass is 14.8. The molecule has 0 saturated carbocycles. The summed E-state index contributed by atoms with van der Waals surface area (Å²) >= 11 is 0. The predicted octanol–water partition coefficient (Wildman–Crippen LogP) is 1.77. The molecule has 0 radical (unpaired) electrons. The van der Waals surface area contributed by atoms with Crippen LogP contribution in [0, 0.1) is 12.5 Å². The van der Waals surface area contributed by atoms with E-state index in [9.17, 15) is 0 Å². The zero-order valence-corrected chi connectivity index (χ0v) is 6.04. The number of nitrogens with two attached hydrogens (primary N) is 1. The average Bonchev–Trinajstić information content (AvgIpc) is 2.05. The van der Waals surface area contributed by atoms with Crippen molar-refractivity contribution in [3.63, 3.8) is 0 Å². The molecule has 0 fully saturated rings. The first-order valence-corrected chi connectivity index (χ1v) is 3.15. The fourth-order valence-electron chi connectivity index (χ4n) is 0.772. The first-order valence-electron chi connectivity index (χ1n) is 3.15. The Morgan fingerprint density at radius 2 is 2.27 bits per heavy atom. The average molecular weight is 147 g/mol. The molecule has 0 amide bonds. The van der Waals surface area contributed by atoms with Crippen molar-refractivity contribution in [1.29, 1.82) is 5.41 Å². The van der Waals surface area contributed by atoms with Gasteiger partial charge in [0.1, 0.15) is 5.84 Å². The van der Waals surface area contributed by atoms with Crippen LogP contribution >= 0.6 is 0 Å². The van der Waals surface area contributed by atoms with Gasteiger partial charge >= 0.3 is 0 Å². The summed E-state index contributed by atoms with van der Waals surface area (Å²) in [7, 11) is 3.37. The van der Waals surface area contributed by atoms with Gasteiger partial charge in [-0.1, -0.05) is 24.3 Å². The van der Waals surface area contributed by atoms with E-state index in [1.54, 1.807) is 24.3 Å². The minimum Gasteiger partial charge on any atom is -0.491 e. The lowest BCUT2D eigenvalue weighted by atomic mass is 10.2. The fraction of sp³-hybridized carbons (Fsp3) is 0. The zero-order chi connectivity index (χ0) is 8.27. The standard InChI is InChI=1S/C8H9N3/c1-11-7-4-2-3-6(5-7)8(9)10/h2-5H,1H2,(H3,9,10). The number of rotatable bonds is 2. The third-order valence-corrected chi connectivity index (χ3v) is 1.34. The summed E-state index contributed by atoms with van der Waals surface area (Å²) in [6.45, 7) is 0. The van der Waals surface area contributed by atoms with Gasteiger partial charge in [0.25, 0.3) is 0 Å². The third kappa shape index (κ3) is 1.64. The Morgan fingerprint density at radius 1 is 1.55 bits per heavy atom. The van der Waals surface area contributed by atoms with Crippen LogP contribution < -0.4 is 5.73 Å². The second kappa shape index (κ2) is 2.96.